The summed E-state index contributed by atoms with van der Waals surface area (Å²) in [7, 11) is 0. The second kappa shape index (κ2) is 8.42. The Kier molecular flexibility index (Phi) is 5.68. The maximum atomic E-state index is 15.1. The van der Waals surface area contributed by atoms with Gasteiger partial charge in [-0.2, -0.15) is 5.26 Å². The lowest BCUT2D eigenvalue weighted by Crippen LogP contribution is -2.04. The highest BCUT2D eigenvalue weighted by Gasteiger charge is 2.19. The van der Waals surface area contributed by atoms with Gasteiger partial charge < -0.3 is 9.71 Å². The number of nitriles is 1. The Labute approximate surface area is 187 Å². The van der Waals surface area contributed by atoms with E-state index in [-0.39, 0.29) is 16.6 Å². The predicted molar refractivity (Wildman–Crippen MR) is 125 cm³/mol. The molecule has 2 heterocycles. The first-order valence-corrected chi connectivity index (χ1v) is 10.9. The normalized spacial score (nSPS) is 10.8. The van der Waals surface area contributed by atoms with Gasteiger partial charge in [-0.1, -0.05) is 29.6 Å². The maximum absolute atomic E-state index is 15.1. The Hall–Kier alpha value is -3.34. The van der Waals surface area contributed by atoms with E-state index in [1.807, 2.05) is 25.3 Å². The SMILES string of the molecule is CSNc1c(C)cc(-c2cc3c(=O)cc[nH]c3nc2-c2cccc(C#N)c2F)cc1Cl. The highest BCUT2D eigenvalue weighted by Crippen LogP contribution is 2.38. The van der Waals surface area contributed by atoms with E-state index >= 15 is 4.39 Å². The molecule has 0 saturated heterocycles. The Balaban J connectivity index is 2.08. The zero-order valence-corrected chi connectivity index (χ0v) is 18.2. The molecule has 2 aromatic carbocycles. The lowest BCUT2D eigenvalue weighted by atomic mass is 9.95. The first-order chi connectivity index (χ1) is 14.9. The minimum absolute atomic E-state index is 0.0827. The second-order valence-electron chi connectivity index (χ2n) is 6.86. The van der Waals surface area contributed by atoms with Crippen molar-refractivity contribution in [2.24, 2.45) is 0 Å². The van der Waals surface area contributed by atoms with Gasteiger partial charge in [0.15, 0.2) is 5.43 Å². The number of pyridine rings is 2. The molecule has 0 aliphatic rings. The standard InChI is InChI=1S/C23H16ClFN4OS/c1-12-8-14(9-18(24)21(12)29-31-2)16-10-17-19(30)6-7-27-23(17)28-22(16)15-5-3-4-13(11-26)20(15)25/h3-10,29H,1-2H3,(H,27,28,30). The topological polar surface area (TPSA) is 81.6 Å². The summed E-state index contributed by atoms with van der Waals surface area (Å²) in [4.78, 5) is 19.9. The van der Waals surface area contributed by atoms with E-state index in [1.165, 1.54) is 30.3 Å². The zero-order valence-electron chi connectivity index (χ0n) is 16.6. The molecule has 0 unspecified atom stereocenters. The summed E-state index contributed by atoms with van der Waals surface area (Å²) in [6, 6.07) is 13.2. The zero-order chi connectivity index (χ0) is 22.1. The molecule has 8 heteroatoms. The summed E-state index contributed by atoms with van der Waals surface area (Å²) in [5, 5.41) is 10.1. The molecule has 31 heavy (non-hydrogen) atoms. The van der Waals surface area contributed by atoms with Crippen molar-refractivity contribution < 1.29 is 4.39 Å². The van der Waals surface area contributed by atoms with Crippen LogP contribution in [0, 0.1) is 24.1 Å². The van der Waals surface area contributed by atoms with Gasteiger partial charge in [-0.3, -0.25) is 4.79 Å². The quantitative estimate of drug-likeness (QED) is 0.377. The number of nitrogens with one attached hydrogen (secondary N) is 2. The molecule has 5 nitrogen and oxygen atoms in total. The molecule has 0 fully saturated rings. The Morgan fingerprint density at radius 3 is 2.74 bits per heavy atom. The number of hydrogen-bond donors (Lipinski definition) is 2. The molecule has 0 aliphatic carbocycles. The molecule has 0 amide bonds. The van der Waals surface area contributed by atoms with E-state index in [0.29, 0.717) is 32.9 Å². The fourth-order valence-corrected chi connectivity index (χ4v) is 4.30. The van der Waals surface area contributed by atoms with Crippen molar-refractivity contribution in [3.05, 3.63) is 80.9 Å². The maximum Gasteiger partial charge on any atom is 0.191 e. The average molecular weight is 451 g/mol. The van der Waals surface area contributed by atoms with Crippen LogP contribution in [-0.4, -0.2) is 16.2 Å². The fraction of sp³-hybridized carbons (Fsp3) is 0.0870. The minimum Gasteiger partial charge on any atom is -0.346 e. The van der Waals surface area contributed by atoms with E-state index in [0.717, 1.165) is 11.3 Å². The van der Waals surface area contributed by atoms with Crippen LogP contribution in [0.15, 0.2) is 53.5 Å². The van der Waals surface area contributed by atoms with Gasteiger partial charge in [-0.05, 0) is 48.4 Å². The molecule has 0 radical (unpaired) electrons. The molecule has 0 aliphatic heterocycles. The summed E-state index contributed by atoms with van der Waals surface area (Å²) in [5.74, 6) is -0.667. The van der Waals surface area contributed by atoms with Gasteiger partial charge >= 0.3 is 0 Å². The van der Waals surface area contributed by atoms with E-state index in [4.69, 9.17) is 11.6 Å². The van der Waals surface area contributed by atoms with Crippen molar-refractivity contribution in [2.75, 3.05) is 11.0 Å². The van der Waals surface area contributed by atoms with E-state index in [2.05, 4.69) is 14.7 Å². The number of aromatic amines is 1. The Morgan fingerprint density at radius 1 is 1.23 bits per heavy atom. The third-order valence-electron chi connectivity index (χ3n) is 4.92. The molecule has 2 aromatic heterocycles. The summed E-state index contributed by atoms with van der Waals surface area (Å²) >= 11 is 7.93. The number of aromatic nitrogens is 2. The predicted octanol–water partition coefficient (Wildman–Crippen LogP) is 5.92. The minimum atomic E-state index is -0.667. The molecule has 2 N–H and O–H groups in total. The molecule has 0 spiro atoms. The van der Waals surface area contributed by atoms with Gasteiger partial charge in [0.25, 0.3) is 0 Å². The van der Waals surface area contributed by atoms with Gasteiger partial charge in [-0.25, -0.2) is 9.37 Å². The third-order valence-corrected chi connectivity index (χ3v) is 5.63. The number of H-pyrrole nitrogens is 1. The number of hydrogen-bond acceptors (Lipinski definition) is 5. The van der Waals surface area contributed by atoms with E-state index in [1.54, 1.807) is 24.3 Å². The van der Waals surface area contributed by atoms with Crippen LogP contribution in [0.25, 0.3) is 33.4 Å². The van der Waals surface area contributed by atoms with Gasteiger partial charge in [0.1, 0.15) is 17.5 Å². The number of rotatable bonds is 4. The van der Waals surface area contributed by atoms with Crippen LogP contribution in [0.5, 0.6) is 0 Å². The first kappa shape index (κ1) is 20.9. The molecule has 0 bridgehead atoms. The van der Waals surface area contributed by atoms with Crippen molar-refractivity contribution >= 4 is 40.3 Å². The van der Waals surface area contributed by atoms with Crippen molar-refractivity contribution in [1.29, 1.82) is 5.26 Å². The van der Waals surface area contributed by atoms with Crippen molar-refractivity contribution in [3.63, 3.8) is 0 Å². The Bertz CT molecular complexity index is 1400. The van der Waals surface area contributed by atoms with Crippen molar-refractivity contribution in [2.45, 2.75) is 6.92 Å². The van der Waals surface area contributed by atoms with Crippen molar-refractivity contribution in [1.82, 2.24) is 9.97 Å². The molecule has 154 valence electrons. The van der Waals surface area contributed by atoms with Crippen LogP contribution in [0.3, 0.4) is 0 Å². The fourth-order valence-electron chi connectivity index (χ4n) is 3.45. The van der Waals surface area contributed by atoms with Gasteiger partial charge in [0.05, 0.1) is 27.4 Å². The molecule has 0 atom stereocenters. The summed E-state index contributed by atoms with van der Waals surface area (Å²) in [6.07, 6.45) is 3.39. The molecule has 4 aromatic rings. The highest BCUT2D eigenvalue weighted by molar-refractivity contribution is 7.99. The third kappa shape index (κ3) is 3.76. The lowest BCUT2D eigenvalue weighted by Gasteiger charge is -2.15. The van der Waals surface area contributed by atoms with Gasteiger partial charge in [-0.15, -0.1) is 0 Å². The van der Waals surface area contributed by atoms with Crippen LogP contribution >= 0.6 is 23.5 Å². The molecule has 4 rings (SSSR count). The van der Waals surface area contributed by atoms with Crippen LogP contribution < -0.4 is 10.2 Å². The van der Waals surface area contributed by atoms with E-state index < -0.39 is 5.82 Å². The molecular weight excluding hydrogens is 435 g/mol. The van der Waals surface area contributed by atoms with Gasteiger partial charge in [0, 0.05) is 29.6 Å². The largest absolute Gasteiger partial charge is 0.346 e. The number of nitrogens with zero attached hydrogens (tertiary/aromatic N) is 2. The lowest BCUT2D eigenvalue weighted by molar-refractivity contribution is 0.627. The number of halogens is 2. The van der Waals surface area contributed by atoms with Crippen LogP contribution in [0.2, 0.25) is 5.02 Å². The van der Waals surface area contributed by atoms with Crippen LogP contribution in [-0.2, 0) is 0 Å². The molecule has 0 saturated carbocycles. The van der Waals surface area contributed by atoms with E-state index in [9.17, 15) is 10.1 Å². The number of aryl methyl sites for hydroxylation is 1. The smallest absolute Gasteiger partial charge is 0.191 e. The first-order valence-electron chi connectivity index (χ1n) is 9.25. The summed E-state index contributed by atoms with van der Waals surface area (Å²) in [5.41, 5.74) is 3.41. The average Bonchev–Trinajstić information content (AvgIpc) is 2.76. The molecular formula is C23H16ClFN4OS. The highest BCUT2D eigenvalue weighted by atomic mass is 35.5. The van der Waals surface area contributed by atoms with Crippen LogP contribution in [0.4, 0.5) is 10.1 Å². The summed E-state index contributed by atoms with van der Waals surface area (Å²) < 4.78 is 18.2. The Morgan fingerprint density at radius 2 is 2.03 bits per heavy atom. The number of fused-ring (bicyclic) bond motifs is 1. The summed E-state index contributed by atoms with van der Waals surface area (Å²) in [6.45, 7) is 1.91. The number of benzene rings is 2. The van der Waals surface area contributed by atoms with Gasteiger partial charge in [0.2, 0.25) is 0 Å². The number of anilines is 1. The monoisotopic (exact) mass is 450 g/mol. The second-order valence-corrected chi connectivity index (χ2v) is 7.88. The van der Waals surface area contributed by atoms with Crippen LogP contribution in [0.1, 0.15) is 11.1 Å². The van der Waals surface area contributed by atoms with Crippen molar-refractivity contribution in [3.8, 4) is 28.5 Å².